The molecular weight excluding hydrogens is 374 g/mol. The topological polar surface area (TPSA) is 84.1 Å². The van der Waals surface area contributed by atoms with Crippen molar-refractivity contribution in [2.45, 2.75) is 38.8 Å². The van der Waals surface area contributed by atoms with Gasteiger partial charge in [-0.2, -0.15) is 0 Å². The number of rotatable bonds is 5. The summed E-state index contributed by atoms with van der Waals surface area (Å²) in [7, 11) is 1.35. The Morgan fingerprint density at radius 1 is 1.25 bits per heavy atom. The Hall–Kier alpha value is -2.54. The minimum atomic E-state index is -0.537. The number of hydrogen-bond donors (Lipinski definition) is 2. The van der Waals surface area contributed by atoms with Gasteiger partial charge < -0.3 is 15.0 Å². The molecule has 0 amide bonds. The first kappa shape index (κ1) is 20.2. The summed E-state index contributed by atoms with van der Waals surface area (Å²) in [6.45, 7) is 8.03. The van der Waals surface area contributed by atoms with E-state index in [2.05, 4.69) is 29.1 Å². The molecule has 0 radical (unpaired) electrons. The molecule has 148 valence electrons. The minimum Gasteiger partial charge on any atom is -0.466 e. The SMILES string of the molecule is COC(=O)C1=C(C)Nc2nc(SCC(C)C)[nH]c(=O)c2[C@@H]1c1ccc(C)cc1. The van der Waals surface area contributed by atoms with Crippen LogP contribution in [0.15, 0.2) is 45.5 Å². The molecule has 0 unspecified atom stereocenters. The summed E-state index contributed by atoms with van der Waals surface area (Å²) in [5, 5.41) is 3.71. The number of anilines is 1. The van der Waals surface area contributed by atoms with Crippen molar-refractivity contribution in [2.75, 3.05) is 18.2 Å². The van der Waals surface area contributed by atoms with E-state index in [-0.39, 0.29) is 5.56 Å². The molecule has 0 bridgehead atoms. The van der Waals surface area contributed by atoms with Crippen LogP contribution >= 0.6 is 11.8 Å². The molecule has 7 heteroatoms. The molecule has 0 aliphatic carbocycles. The maximum absolute atomic E-state index is 13.0. The van der Waals surface area contributed by atoms with Gasteiger partial charge >= 0.3 is 5.97 Å². The zero-order chi connectivity index (χ0) is 20.4. The van der Waals surface area contributed by atoms with Crippen LogP contribution in [0, 0.1) is 12.8 Å². The molecule has 0 spiro atoms. The van der Waals surface area contributed by atoms with E-state index in [4.69, 9.17) is 4.74 Å². The van der Waals surface area contributed by atoms with E-state index in [9.17, 15) is 9.59 Å². The molecule has 1 aliphatic rings. The van der Waals surface area contributed by atoms with Crippen molar-refractivity contribution in [3.8, 4) is 0 Å². The molecular formula is C21H25N3O3S. The van der Waals surface area contributed by atoms with Gasteiger partial charge in [0.2, 0.25) is 0 Å². The number of aryl methyl sites for hydroxylation is 1. The van der Waals surface area contributed by atoms with E-state index in [1.54, 1.807) is 6.92 Å². The van der Waals surface area contributed by atoms with Gasteiger partial charge in [-0.1, -0.05) is 55.4 Å². The van der Waals surface area contributed by atoms with Gasteiger partial charge in [0.25, 0.3) is 5.56 Å². The normalized spacial score (nSPS) is 16.0. The Kier molecular flexibility index (Phi) is 5.93. The highest BCUT2D eigenvalue weighted by Gasteiger charge is 2.36. The van der Waals surface area contributed by atoms with Gasteiger partial charge in [0.15, 0.2) is 5.16 Å². The van der Waals surface area contributed by atoms with E-state index in [0.717, 1.165) is 16.9 Å². The monoisotopic (exact) mass is 399 g/mol. The van der Waals surface area contributed by atoms with E-state index < -0.39 is 11.9 Å². The maximum atomic E-state index is 13.0. The number of thioether (sulfide) groups is 1. The quantitative estimate of drug-likeness (QED) is 0.452. The number of ether oxygens (including phenoxy) is 1. The third-order valence-corrected chi connectivity index (χ3v) is 5.89. The summed E-state index contributed by atoms with van der Waals surface area (Å²) in [4.78, 5) is 33.1. The van der Waals surface area contributed by atoms with Crippen LogP contribution in [0.25, 0.3) is 0 Å². The summed E-state index contributed by atoms with van der Waals surface area (Å²) >= 11 is 1.51. The number of aromatic nitrogens is 2. The van der Waals surface area contributed by atoms with Gasteiger partial charge in [0.05, 0.1) is 24.2 Å². The zero-order valence-corrected chi connectivity index (χ0v) is 17.6. The third kappa shape index (κ3) is 3.99. The standard InChI is InChI=1S/C21H25N3O3S/c1-11(2)10-28-21-23-18-17(19(25)24-21)16(14-8-6-12(3)7-9-14)15(13(4)22-18)20(26)27-5/h6-9,11,16H,10H2,1-5H3,(H2,22,23,24,25)/t16-/m1/s1. The first-order valence-corrected chi connectivity index (χ1v) is 10.2. The van der Waals surface area contributed by atoms with Crippen molar-refractivity contribution >= 4 is 23.5 Å². The average Bonchev–Trinajstić information content (AvgIpc) is 2.65. The van der Waals surface area contributed by atoms with Gasteiger partial charge in [-0.15, -0.1) is 0 Å². The second-order valence-corrected chi connectivity index (χ2v) is 8.35. The Morgan fingerprint density at radius 3 is 2.54 bits per heavy atom. The fourth-order valence-corrected chi connectivity index (χ4v) is 4.03. The molecule has 28 heavy (non-hydrogen) atoms. The summed E-state index contributed by atoms with van der Waals surface area (Å²) in [5.74, 6) is 0.826. The number of carbonyl (C=O) groups is 1. The predicted octanol–water partition coefficient (Wildman–Crippen LogP) is 3.83. The average molecular weight is 400 g/mol. The molecule has 1 aromatic carbocycles. The van der Waals surface area contributed by atoms with Gasteiger partial charge in [-0.05, 0) is 25.3 Å². The first-order valence-electron chi connectivity index (χ1n) is 9.21. The van der Waals surface area contributed by atoms with E-state index in [1.165, 1.54) is 18.9 Å². The highest BCUT2D eigenvalue weighted by molar-refractivity contribution is 7.99. The van der Waals surface area contributed by atoms with Gasteiger partial charge in [-0.25, -0.2) is 9.78 Å². The van der Waals surface area contributed by atoms with Crippen LogP contribution in [0.5, 0.6) is 0 Å². The number of carbonyl (C=O) groups excluding carboxylic acids is 1. The fourth-order valence-electron chi connectivity index (χ4n) is 3.22. The van der Waals surface area contributed by atoms with E-state index in [0.29, 0.717) is 33.7 Å². The van der Waals surface area contributed by atoms with Crippen LogP contribution in [0.4, 0.5) is 5.82 Å². The molecule has 2 N–H and O–H groups in total. The van der Waals surface area contributed by atoms with Crippen LogP contribution in [-0.2, 0) is 9.53 Å². The number of benzene rings is 1. The number of nitrogens with zero attached hydrogens (tertiary/aromatic N) is 1. The molecule has 6 nitrogen and oxygen atoms in total. The van der Waals surface area contributed by atoms with Crippen molar-refractivity contribution in [2.24, 2.45) is 5.92 Å². The summed E-state index contributed by atoms with van der Waals surface area (Å²) in [6.07, 6.45) is 0. The van der Waals surface area contributed by atoms with Gasteiger partial charge in [0.1, 0.15) is 5.82 Å². The zero-order valence-electron chi connectivity index (χ0n) is 16.8. The molecule has 1 atom stereocenters. The lowest BCUT2D eigenvalue weighted by atomic mass is 9.82. The molecule has 2 heterocycles. The van der Waals surface area contributed by atoms with Crippen molar-refractivity contribution in [1.82, 2.24) is 9.97 Å². The minimum absolute atomic E-state index is 0.247. The van der Waals surface area contributed by atoms with Crippen LogP contribution in [-0.4, -0.2) is 28.8 Å². The highest BCUT2D eigenvalue weighted by Crippen LogP contribution is 2.40. The molecule has 1 aromatic heterocycles. The lowest BCUT2D eigenvalue weighted by molar-refractivity contribution is -0.136. The second kappa shape index (κ2) is 8.22. The van der Waals surface area contributed by atoms with Crippen LogP contribution < -0.4 is 10.9 Å². The molecule has 1 aliphatic heterocycles. The third-order valence-electron chi connectivity index (χ3n) is 4.59. The lowest BCUT2D eigenvalue weighted by Crippen LogP contribution is -2.31. The van der Waals surface area contributed by atoms with Crippen LogP contribution in [0.3, 0.4) is 0 Å². The summed E-state index contributed by atoms with van der Waals surface area (Å²) < 4.78 is 5.01. The number of allylic oxidation sites excluding steroid dienone is 1. The number of H-pyrrole nitrogens is 1. The molecule has 0 saturated heterocycles. The lowest BCUT2D eigenvalue weighted by Gasteiger charge is -2.28. The predicted molar refractivity (Wildman–Crippen MR) is 112 cm³/mol. The Morgan fingerprint density at radius 2 is 1.93 bits per heavy atom. The number of methoxy groups -OCH3 is 1. The van der Waals surface area contributed by atoms with Gasteiger partial charge in [-0.3, -0.25) is 4.79 Å². The van der Waals surface area contributed by atoms with Crippen molar-refractivity contribution in [1.29, 1.82) is 0 Å². The Balaban J connectivity index is 2.16. The summed E-state index contributed by atoms with van der Waals surface area (Å²) in [5.41, 5.74) is 3.21. The maximum Gasteiger partial charge on any atom is 0.336 e. The molecule has 0 saturated carbocycles. The van der Waals surface area contributed by atoms with Crippen molar-refractivity contribution in [3.05, 3.63) is 62.6 Å². The summed E-state index contributed by atoms with van der Waals surface area (Å²) in [6, 6.07) is 7.81. The van der Waals surface area contributed by atoms with Crippen molar-refractivity contribution in [3.63, 3.8) is 0 Å². The molecule has 0 fully saturated rings. The van der Waals surface area contributed by atoms with E-state index >= 15 is 0 Å². The van der Waals surface area contributed by atoms with Crippen molar-refractivity contribution < 1.29 is 9.53 Å². The number of hydrogen-bond acceptors (Lipinski definition) is 6. The van der Waals surface area contributed by atoms with Gasteiger partial charge in [0, 0.05) is 11.4 Å². The van der Waals surface area contributed by atoms with E-state index in [1.807, 2.05) is 31.2 Å². The largest absolute Gasteiger partial charge is 0.466 e. The first-order chi connectivity index (χ1) is 13.3. The second-order valence-electron chi connectivity index (χ2n) is 7.34. The Bertz CT molecular complexity index is 977. The number of fused-ring (bicyclic) bond motifs is 1. The smallest absolute Gasteiger partial charge is 0.336 e. The van der Waals surface area contributed by atoms with Crippen LogP contribution in [0.1, 0.15) is 43.4 Å². The highest BCUT2D eigenvalue weighted by atomic mass is 32.2. The Labute approximate surface area is 168 Å². The molecule has 3 rings (SSSR count). The number of aromatic amines is 1. The number of nitrogens with one attached hydrogen (secondary N) is 2. The molecule has 2 aromatic rings. The fraction of sp³-hybridized carbons (Fsp3) is 0.381. The number of esters is 1. The van der Waals surface area contributed by atoms with Crippen LogP contribution in [0.2, 0.25) is 0 Å².